The first-order chi connectivity index (χ1) is 14.4. The van der Waals surface area contributed by atoms with Gasteiger partial charge in [0.05, 0.1) is 22.2 Å². The van der Waals surface area contributed by atoms with Crippen LogP contribution in [0.15, 0.2) is 17.1 Å². The van der Waals surface area contributed by atoms with Crippen LogP contribution in [0.25, 0.3) is 22.4 Å². The Balaban J connectivity index is 1.61. The summed E-state index contributed by atoms with van der Waals surface area (Å²) in [6.45, 7) is 8.64. The van der Waals surface area contributed by atoms with Crippen LogP contribution in [-0.2, 0) is 6.54 Å². The van der Waals surface area contributed by atoms with Gasteiger partial charge >= 0.3 is 0 Å². The maximum Gasteiger partial charge on any atom is 0.259 e. The van der Waals surface area contributed by atoms with E-state index in [9.17, 15) is 9.59 Å². The number of H-pyrrole nitrogens is 2. The highest BCUT2D eigenvalue weighted by Gasteiger charge is 2.37. The van der Waals surface area contributed by atoms with Crippen LogP contribution in [0.3, 0.4) is 0 Å². The Morgan fingerprint density at radius 2 is 1.80 bits per heavy atom. The van der Waals surface area contributed by atoms with E-state index in [0.717, 1.165) is 64.8 Å². The molecule has 7 nitrogen and oxygen atoms in total. The average Bonchev–Trinajstić information content (AvgIpc) is 3.29. The van der Waals surface area contributed by atoms with Crippen LogP contribution in [0.2, 0.25) is 0 Å². The van der Waals surface area contributed by atoms with Crippen molar-refractivity contribution < 1.29 is 4.79 Å². The number of aromatic nitrogens is 3. The first-order valence-electron chi connectivity index (χ1n) is 10.6. The van der Waals surface area contributed by atoms with Crippen LogP contribution >= 0.6 is 0 Å². The summed E-state index contributed by atoms with van der Waals surface area (Å²) >= 11 is 0. The first kappa shape index (κ1) is 19.1. The monoisotopic (exact) mass is 405 g/mol. The van der Waals surface area contributed by atoms with Crippen LogP contribution in [0, 0.1) is 20.8 Å². The number of piperidine rings is 1. The standard InChI is InChI=1S/C23H27N5O2/c1-12-5-8-24-22(29)17(12)21-25-19-13(2)16-11-28(15-6-9-27(4)10-7-15)23(30)18(16)14(3)20(19)26-21/h5,8,15H,6-7,9-11H2,1-4H3,(H,24,29)(H,25,26). The summed E-state index contributed by atoms with van der Waals surface area (Å²) in [4.78, 5) is 41.1. The summed E-state index contributed by atoms with van der Waals surface area (Å²) in [6, 6.07) is 2.17. The highest BCUT2D eigenvalue weighted by molar-refractivity contribution is 6.05. The Kier molecular flexibility index (Phi) is 4.32. The second kappa shape index (κ2) is 6.80. The molecule has 0 aliphatic carbocycles. The number of carbonyl (C=O) groups is 1. The first-order valence-corrected chi connectivity index (χ1v) is 10.6. The Hall–Kier alpha value is -2.93. The number of carbonyl (C=O) groups excluding carboxylic acids is 1. The molecule has 1 fully saturated rings. The lowest BCUT2D eigenvalue weighted by Crippen LogP contribution is -2.43. The van der Waals surface area contributed by atoms with Gasteiger partial charge in [0.2, 0.25) is 0 Å². The highest BCUT2D eigenvalue weighted by atomic mass is 16.2. The number of pyridine rings is 1. The summed E-state index contributed by atoms with van der Waals surface area (Å²) in [7, 11) is 2.14. The minimum Gasteiger partial charge on any atom is -0.338 e. The Labute approximate surface area is 175 Å². The number of nitrogens with zero attached hydrogens (tertiary/aromatic N) is 3. The van der Waals surface area contributed by atoms with E-state index in [4.69, 9.17) is 4.98 Å². The van der Waals surface area contributed by atoms with E-state index >= 15 is 0 Å². The fourth-order valence-corrected chi connectivity index (χ4v) is 5.06. The number of nitrogens with one attached hydrogen (secondary N) is 2. The SMILES string of the molecule is Cc1cc[nH]c(=O)c1-c1nc2c(C)c3c(c(C)c2[nH]1)CN(C1CCN(C)CC1)C3=O. The molecule has 0 radical (unpaired) electrons. The molecule has 1 saturated heterocycles. The molecule has 1 aromatic carbocycles. The molecule has 0 bridgehead atoms. The number of fused-ring (bicyclic) bond motifs is 2. The molecule has 5 rings (SSSR count). The molecule has 0 spiro atoms. The minimum absolute atomic E-state index is 0.125. The molecule has 2 aliphatic rings. The molecule has 7 heteroatoms. The smallest absolute Gasteiger partial charge is 0.259 e. The van der Waals surface area contributed by atoms with E-state index in [1.807, 2.05) is 19.9 Å². The molecule has 0 unspecified atom stereocenters. The van der Waals surface area contributed by atoms with Crippen LogP contribution < -0.4 is 5.56 Å². The van der Waals surface area contributed by atoms with Crippen molar-refractivity contribution in [2.75, 3.05) is 20.1 Å². The van der Waals surface area contributed by atoms with Gasteiger partial charge in [0, 0.05) is 18.8 Å². The molecule has 3 aromatic rings. The number of imidazole rings is 1. The van der Waals surface area contributed by atoms with E-state index in [1.165, 1.54) is 0 Å². The van der Waals surface area contributed by atoms with Gasteiger partial charge < -0.3 is 19.8 Å². The van der Waals surface area contributed by atoms with Gasteiger partial charge in [-0.05, 0) is 82.1 Å². The quantitative estimate of drug-likeness (QED) is 0.687. The van der Waals surface area contributed by atoms with Crippen molar-refractivity contribution in [3.63, 3.8) is 0 Å². The van der Waals surface area contributed by atoms with Crippen LogP contribution in [0.1, 0.15) is 45.5 Å². The largest absolute Gasteiger partial charge is 0.338 e. The zero-order valence-electron chi connectivity index (χ0n) is 17.9. The van der Waals surface area contributed by atoms with E-state index in [1.54, 1.807) is 6.20 Å². The number of benzene rings is 1. The van der Waals surface area contributed by atoms with Gasteiger partial charge in [-0.15, -0.1) is 0 Å². The van der Waals surface area contributed by atoms with Gasteiger partial charge in [-0.3, -0.25) is 9.59 Å². The van der Waals surface area contributed by atoms with Gasteiger partial charge in [-0.2, -0.15) is 0 Å². The maximum atomic E-state index is 13.4. The van der Waals surface area contributed by atoms with Crippen molar-refractivity contribution in [1.29, 1.82) is 0 Å². The zero-order valence-corrected chi connectivity index (χ0v) is 17.9. The Morgan fingerprint density at radius 3 is 2.50 bits per heavy atom. The van der Waals surface area contributed by atoms with Crippen molar-refractivity contribution in [3.8, 4) is 11.4 Å². The molecule has 1 amide bonds. The number of aromatic amines is 2. The zero-order chi connectivity index (χ0) is 21.2. The lowest BCUT2D eigenvalue weighted by Gasteiger charge is -2.35. The number of rotatable bonds is 2. The van der Waals surface area contributed by atoms with Gasteiger partial charge in [0.1, 0.15) is 5.82 Å². The van der Waals surface area contributed by atoms with E-state index in [0.29, 0.717) is 24.0 Å². The van der Waals surface area contributed by atoms with Gasteiger partial charge in [0.25, 0.3) is 11.5 Å². The van der Waals surface area contributed by atoms with E-state index < -0.39 is 0 Å². The third-order valence-electron chi connectivity index (χ3n) is 6.90. The third-order valence-corrected chi connectivity index (χ3v) is 6.90. The van der Waals surface area contributed by atoms with Gasteiger partial charge in [-0.25, -0.2) is 4.98 Å². The predicted molar refractivity (Wildman–Crippen MR) is 117 cm³/mol. The number of hydrogen-bond donors (Lipinski definition) is 2. The lowest BCUT2D eigenvalue weighted by molar-refractivity contribution is 0.0616. The fraction of sp³-hybridized carbons (Fsp3) is 0.435. The van der Waals surface area contributed by atoms with E-state index in [-0.39, 0.29) is 11.5 Å². The summed E-state index contributed by atoms with van der Waals surface area (Å²) in [5.41, 5.74) is 6.80. The van der Waals surface area contributed by atoms with Crippen molar-refractivity contribution in [2.45, 2.75) is 46.2 Å². The summed E-state index contributed by atoms with van der Waals surface area (Å²) in [6.07, 6.45) is 3.68. The Bertz CT molecular complexity index is 1230. The van der Waals surface area contributed by atoms with Crippen molar-refractivity contribution >= 4 is 16.9 Å². The predicted octanol–water partition coefficient (Wildman–Crippen LogP) is 2.89. The molecule has 156 valence electrons. The highest BCUT2D eigenvalue weighted by Crippen LogP contribution is 2.37. The lowest BCUT2D eigenvalue weighted by atomic mass is 9.97. The average molecular weight is 406 g/mol. The van der Waals surface area contributed by atoms with Crippen LogP contribution in [-0.4, -0.2) is 56.8 Å². The number of amides is 1. The second-order valence-electron chi connectivity index (χ2n) is 8.74. The molecule has 2 N–H and O–H groups in total. The molecule has 2 aromatic heterocycles. The maximum absolute atomic E-state index is 13.4. The number of aryl methyl sites for hydroxylation is 3. The van der Waals surface area contributed by atoms with E-state index in [2.05, 4.69) is 33.7 Å². The fourth-order valence-electron chi connectivity index (χ4n) is 5.06. The molecule has 0 saturated carbocycles. The normalized spacial score (nSPS) is 17.9. The molecular weight excluding hydrogens is 378 g/mol. The summed E-state index contributed by atoms with van der Waals surface area (Å²) in [5.74, 6) is 0.680. The molecule has 2 aliphatic heterocycles. The number of hydrogen-bond acceptors (Lipinski definition) is 4. The molecular formula is C23H27N5O2. The minimum atomic E-state index is -0.165. The molecule has 30 heavy (non-hydrogen) atoms. The van der Waals surface area contributed by atoms with Gasteiger partial charge in [0.15, 0.2) is 0 Å². The Morgan fingerprint density at radius 1 is 1.07 bits per heavy atom. The summed E-state index contributed by atoms with van der Waals surface area (Å²) in [5, 5.41) is 0. The number of likely N-dealkylation sites (tertiary alicyclic amines) is 1. The van der Waals surface area contributed by atoms with Crippen molar-refractivity contribution in [3.05, 3.63) is 50.4 Å². The topological polar surface area (TPSA) is 85.1 Å². The van der Waals surface area contributed by atoms with Crippen LogP contribution in [0.5, 0.6) is 0 Å². The van der Waals surface area contributed by atoms with Crippen molar-refractivity contribution in [1.82, 2.24) is 24.8 Å². The molecule has 4 heterocycles. The van der Waals surface area contributed by atoms with Gasteiger partial charge in [-0.1, -0.05) is 0 Å². The molecule has 0 atom stereocenters. The third kappa shape index (κ3) is 2.72. The van der Waals surface area contributed by atoms with Crippen LogP contribution in [0.4, 0.5) is 0 Å². The second-order valence-corrected chi connectivity index (χ2v) is 8.74. The van der Waals surface area contributed by atoms with Crippen molar-refractivity contribution in [2.24, 2.45) is 0 Å². The summed E-state index contributed by atoms with van der Waals surface area (Å²) < 4.78 is 0.